The number of nitrogens with zero attached hydrogens (tertiary/aromatic N) is 2. The Morgan fingerprint density at radius 2 is 1.42 bits per heavy atom. The molecule has 0 bridgehead atoms. The van der Waals surface area contributed by atoms with Gasteiger partial charge in [0, 0.05) is 38.4 Å². The minimum atomic E-state index is -0.219. The van der Waals surface area contributed by atoms with Crippen molar-refractivity contribution in [1.29, 1.82) is 0 Å². The van der Waals surface area contributed by atoms with Crippen LogP contribution in [-0.4, -0.2) is 43.7 Å². The van der Waals surface area contributed by atoms with E-state index in [0.29, 0.717) is 6.54 Å². The maximum atomic E-state index is 13.4. The largest absolute Gasteiger partial charge is 0.369 e. The molecule has 2 N–H and O–H groups in total. The van der Waals surface area contributed by atoms with Crippen molar-refractivity contribution in [2.45, 2.75) is 19.0 Å². The van der Waals surface area contributed by atoms with Gasteiger partial charge in [0.15, 0.2) is 0 Å². The summed E-state index contributed by atoms with van der Waals surface area (Å²) in [7, 11) is 0. The Morgan fingerprint density at radius 3 is 2.00 bits per heavy atom. The lowest BCUT2D eigenvalue weighted by molar-refractivity contribution is 0.148. The zero-order valence-corrected chi connectivity index (χ0v) is 19.0. The van der Waals surface area contributed by atoms with E-state index in [2.05, 4.69) is 44.7 Å². The van der Waals surface area contributed by atoms with Gasteiger partial charge in [0.25, 0.3) is 0 Å². The highest BCUT2D eigenvalue weighted by molar-refractivity contribution is 5.74. The standard InChI is InChI=1S/C27H31FN4O/c1-2-29-27(33)30-25(21-9-5-3-6-10-21)26(22-11-7-4-8-12-22)32-19-17-31(18-20-32)24-15-13-23(28)14-16-24/h3-16,25-26H,2,17-20H2,1H3,(H2,29,30,33). The first-order valence-corrected chi connectivity index (χ1v) is 11.5. The number of halogens is 1. The molecule has 1 fully saturated rings. The van der Waals surface area contributed by atoms with Crippen molar-refractivity contribution in [3.63, 3.8) is 0 Å². The highest BCUT2D eigenvalue weighted by Crippen LogP contribution is 2.35. The first-order valence-electron chi connectivity index (χ1n) is 11.5. The van der Waals surface area contributed by atoms with E-state index in [4.69, 9.17) is 0 Å². The molecule has 1 aliphatic heterocycles. The lowest BCUT2D eigenvalue weighted by Crippen LogP contribution is -2.51. The molecular weight excluding hydrogens is 415 g/mol. The molecule has 0 aliphatic carbocycles. The van der Waals surface area contributed by atoms with Gasteiger partial charge in [-0.25, -0.2) is 9.18 Å². The Kier molecular flexibility index (Phi) is 7.58. The first kappa shape index (κ1) is 22.8. The van der Waals surface area contributed by atoms with E-state index < -0.39 is 0 Å². The average molecular weight is 447 g/mol. The zero-order valence-electron chi connectivity index (χ0n) is 19.0. The number of rotatable bonds is 7. The van der Waals surface area contributed by atoms with Gasteiger partial charge >= 0.3 is 6.03 Å². The zero-order chi connectivity index (χ0) is 23.0. The van der Waals surface area contributed by atoms with E-state index in [1.807, 2.05) is 55.5 Å². The van der Waals surface area contributed by atoms with Crippen LogP contribution in [0.2, 0.25) is 0 Å². The smallest absolute Gasteiger partial charge is 0.315 e. The van der Waals surface area contributed by atoms with Crippen LogP contribution in [0.4, 0.5) is 14.9 Å². The monoisotopic (exact) mass is 446 g/mol. The lowest BCUT2D eigenvalue weighted by Gasteiger charge is -2.43. The molecule has 0 aromatic heterocycles. The second-order valence-electron chi connectivity index (χ2n) is 8.25. The number of nitrogens with one attached hydrogen (secondary N) is 2. The van der Waals surface area contributed by atoms with Crippen LogP contribution in [0.5, 0.6) is 0 Å². The van der Waals surface area contributed by atoms with Crippen LogP contribution < -0.4 is 15.5 Å². The summed E-state index contributed by atoms with van der Waals surface area (Å²) in [6.45, 7) is 5.81. The highest BCUT2D eigenvalue weighted by atomic mass is 19.1. The lowest BCUT2D eigenvalue weighted by atomic mass is 9.91. The van der Waals surface area contributed by atoms with E-state index in [0.717, 1.165) is 37.4 Å². The highest BCUT2D eigenvalue weighted by Gasteiger charge is 2.33. The van der Waals surface area contributed by atoms with Crippen molar-refractivity contribution in [3.05, 3.63) is 102 Å². The third-order valence-corrected chi connectivity index (χ3v) is 6.14. The molecule has 1 heterocycles. The molecule has 2 amide bonds. The molecule has 0 saturated carbocycles. The van der Waals surface area contributed by atoms with E-state index in [1.54, 1.807) is 0 Å². The first-order chi connectivity index (χ1) is 16.2. The van der Waals surface area contributed by atoms with Gasteiger partial charge in [-0.1, -0.05) is 60.7 Å². The summed E-state index contributed by atoms with van der Waals surface area (Å²) < 4.78 is 13.4. The van der Waals surface area contributed by atoms with Crippen LogP contribution in [0.3, 0.4) is 0 Å². The van der Waals surface area contributed by atoms with E-state index >= 15 is 0 Å². The molecule has 0 spiro atoms. The summed E-state index contributed by atoms with van der Waals surface area (Å²) in [5.74, 6) is -0.219. The summed E-state index contributed by atoms with van der Waals surface area (Å²) in [6.07, 6.45) is 0. The summed E-state index contributed by atoms with van der Waals surface area (Å²) >= 11 is 0. The average Bonchev–Trinajstić information content (AvgIpc) is 2.86. The molecule has 4 rings (SSSR count). The quantitative estimate of drug-likeness (QED) is 0.551. The second kappa shape index (κ2) is 11.0. The number of carbonyl (C=O) groups is 1. The van der Waals surface area contributed by atoms with Crippen molar-refractivity contribution in [2.24, 2.45) is 0 Å². The van der Waals surface area contributed by atoms with Crippen LogP contribution in [0.1, 0.15) is 30.1 Å². The van der Waals surface area contributed by atoms with Gasteiger partial charge in [-0.3, -0.25) is 4.90 Å². The van der Waals surface area contributed by atoms with Gasteiger partial charge in [0.1, 0.15) is 5.82 Å². The predicted octanol–water partition coefficient (Wildman–Crippen LogP) is 4.75. The molecule has 6 heteroatoms. The Bertz CT molecular complexity index is 1010. The summed E-state index contributed by atoms with van der Waals surface area (Å²) in [6, 6.07) is 26.8. The Hall–Kier alpha value is -3.38. The van der Waals surface area contributed by atoms with E-state index in [-0.39, 0.29) is 23.9 Å². The van der Waals surface area contributed by atoms with Gasteiger partial charge in [-0.2, -0.15) is 0 Å². The number of piperazine rings is 1. The van der Waals surface area contributed by atoms with Crippen LogP contribution >= 0.6 is 0 Å². The molecule has 1 saturated heterocycles. The van der Waals surface area contributed by atoms with Crippen LogP contribution in [0, 0.1) is 5.82 Å². The normalized spacial score (nSPS) is 16.1. The molecule has 3 aromatic rings. The predicted molar refractivity (Wildman–Crippen MR) is 131 cm³/mol. The van der Waals surface area contributed by atoms with Crippen LogP contribution in [0.25, 0.3) is 0 Å². The number of carbonyl (C=O) groups excluding carboxylic acids is 1. The van der Waals surface area contributed by atoms with Crippen LogP contribution in [-0.2, 0) is 0 Å². The van der Waals surface area contributed by atoms with Crippen molar-refractivity contribution >= 4 is 11.7 Å². The molecule has 2 atom stereocenters. The molecule has 33 heavy (non-hydrogen) atoms. The Balaban J connectivity index is 1.61. The fraction of sp³-hybridized carbons (Fsp3) is 0.296. The van der Waals surface area contributed by atoms with Gasteiger partial charge in [-0.05, 0) is 42.3 Å². The minimum absolute atomic E-state index is 0.0217. The number of anilines is 1. The Labute approximate surface area is 195 Å². The maximum Gasteiger partial charge on any atom is 0.315 e. The van der Waals surface area contributed by atoms with Crippen molar-refractivity contribution < 1.29 is 9.18 Å². The van der Waals surface area contributed by atoms with Crippen molar-refractivity contribution in [3.8, 4) is 0 Å². The fourth-order valence-corrected chi connectivity index (χ4v) is 4.53. The number of amides is 2. The third-order valence-electron chi connectivity index (χ3n) is 6.14. The Morgan fingerprint density at radius 1 is 0.848 bits per heavy atom. The summed E-state index contributed by atoms with van der Waals surface area (Å²) in [4.78, 5) is 17.4. The van der Waals surface area contributed by atoms with E-state index in [1.165, 1.54) is 17.7 Å². The van der Waals surface area contributed by atoms with Crippen molar-refractivity contribution in [1.82, 2.24) is 15.5 Å². The molecule has 1 aliphatic rings. The van der Waals surface area contributed by atoms with Gasteiger partial charge in [0.2, 0.25) is 0 Å². The van der Waals surface area contributed by atoms with Crippen LogP contribution in [0.15, 0.2) is 84.9 Å². The topological polar surface area (TPSA) is 47.6 Å². The SMILES string of the molecule is CCNC(=O)NC(c1ccccc1)C(c1ccccc1)N1CCN(c2ccc(F)cc2)CC1. The van der Waals surface area contributed by atoms with Gasteiger partial charge in [-0.15, -0.1) is 0 Å². The molecule has 0 radical (unpaired) electrons. The molecular formula is C27H31FN4O. The second-order valence-corrected chi connectivity index (χ2v) is 8.25. The maximum absolute atomic E-state index is 13.4. The fourth-order valence-electron chi connectivity index (χ4n) is 4.53. The summed E-state index contributed by atoms with van der Waals surface area (Å²) in [5.41, 5.74) is 3.27. The number of hydrogen-bond donors (Lipinski definition) is 2. The molecule has 3 aromatic carbocycles. The summed E-state index contributed by atoms with van der Waals surface area (Å²) in [5, 5.41) is 6.11. The molecule has 5 nitrogen and oxygen atoms in total. The number of urea groups is 1. The molecule has 172 valence electrons. The number of benzene rings is 3. The van der Waals surface area contributed by atoms with Crippen molar-refractivity contribution in [2.75, 3.05) is 37.6 Å². The van der Waals surface area contributed by atoms with Gasteiger partial charge < -0.3 is 15.5 Å². The van der Waals surface area contributed by atoms with E-state index in [9.17, 15) is 9.18 Å². The number of hydrogen-bond acceptors (Lipinski definition) is 3. The third kappa shape index (κ3) is 5.71. The minimum Gasteiger partial charge on any atom is -0.369 e. The molecule has 2 unspecified atom stereocenters. The van der Waals surface area contributed by atoms with Gasteiger partial charge in [0.05, 0.1) is 12.1 Å².